The lowest BCUT2D eigenvalue weighted by Gasteiger charge is -2.33. The molecule has 5 atom stereocenters. The van der Waals surface area contributed by atoms with Crippen molar-refractivity contribution in [2.24, 2.45) is 23.3 Å². The van der Waals surface area contributed by atoms with Gasteiger partial charge < -0.3 is 52.7 Å². The van der Waals surface area contributed by atoms with Gasteiger partial charge >= 0.3 is 5.97 Å². The maximum absolute atomic E-state index is 14.4. The van der Waals surface area contributed by atoms with Gasteiger partial charge in [-0.05, 0) is 107 Å². The first-order valence-corrected chi connectivity index (χ1v) is 19.8. The van der Waals surface area contributed by atoms with Crippen LogP contribution in [0.25, 0.3) is 0 Å². The second kappa shape index (κ2) is 25.0. The van der Waals surface area contributed by atoms with E-state index in [-0.39, 0.29) is 48.9 Å². The zero-order valence-corrected chi connectivity index (χ0v) is 33.2. The van der Waals surface area contributed by atoms with Crippen LogP contribution in [0.2, 0.25) is 0 Å². The molecule has 1 aliphatic heterocycles. The Morgan fingerprint density at radius 1 is 0.909 bits per heavy atom. The van der Waals surface area contributed by atoms with Crippen LogP contribution in [0.1, 0.15) is 91.0 Å². The van der Waals surface area contributed by atoms with Crippen LogP contribution in [0.3, 0.4) is 0 Å². The van der Waals surface area contributed by atoms with Gasteiger partial charge in [-0.1, -0.05) is 46.2 Å². The van der Waals surface area contributed by atoms with Crippen molar-refractivity contribution >= 4 is 35.5 Å². The molecule has 0 unspecified atom stereocenters. The van der Waals surface area contributed by atoms with Gasteiger partial charge in [0.15, 0.2) is 0 Å². The van der Waals surface area contributed by atoms with Crippen LogP contribution in [0.15, 0.2) is 24.3 Å². The van der Waals surface area contributed by atoms with E-state index in [1.807, 2.05) is 20.8 Å². The maximum atomic E-state index is 14.4. The van der Waals surface area contributed by atoms with Crippen LogP contribution in [0.4, 0.5) is 0 Å². The van der Waals surface area contributed by atoms with E-state index in [4.69, 9.17) is 11.5 Å². The van der Waals surface area contributed by atoms with E-state index < -0.39 is 54.4 Å². The predicted molar refractivity (Wildman–Crippen MR) is 210 cm³/mol. The number of rotatable bonds is 26. The second-order valence-corrected chi connectivity index (χ2v) is 14.9. The minimum atomic E-state index is -1.17. The number of nitrogens with zero attached hydrogens (tertiary/aromatic N) is 2. The number of likely N-dealkylation sites (tertiary alicyclic amines) is 1. The molecule has 1 aromatic carbocycles. The predicted octanol–water partition coefficient (Wildman–Crippen LogP) is 0.843. The molecule has 55 heavy (non-hydrogen) atoms. The molecule has 310 valence electrons. The average Bonchev–Trinajstić information content (AvgIpc) is 3.64. The number of carboxylic acid groups (broad SMARTS) is 1. The average molecular weight is 775 g/mol. The third kappa shape index (κ3) is 16.5. The fourth-order valence-corrected chi connectivity index (χ4v) is 6.53. The Bertz CT molecular complexity index is 1380. The Balaban J connectivity index is 2.31. The summed E-state index contributed by atoms with van der Waals surface area (Å²) in [5, 5.41) is 30.7. The largest absolute Gasteiger partial charge is 0.508 e. The van der Waals surface area contributed by atoms with Crippen molar-refractivity contribution in [3.05, 3.63) is 29.8 Å². The molecule has 1 aromatic rings. The van der Waals surface area contributed by atoms with E-state index in [9.17, 15) is 39.0 Å². The summed E-state index contributed by atoms with van der Waals surface area (Å²) in [6.45, 7) is 8.92. The summed E-state index contributed by atoms with van der Waals surface area (Å²) >= 11 is 0. The number of phenolic OH excluding ortho intramolecular Hbond substituents is 1. The van der Waals surface area contributed by atoms with E-state index >= 15 is 0 Å². The summed E-state index contributed by atoms with van der Waals surface area (Å²) in [5.41, 5.74) is 12.1. The highest BCUT2D eigenvalue weighted by molar-refractivity contribution is 5.95. The third-order valence-corrected chi connectivity index (χ3v) is 9.88. The van der Waals surface area contributed by atoms with Crippen molar-refractivity contribution in [1.29, 1.82) is 0 Å². The second-order valence-electron chi connectivity index (χ2n) is 14.9. The molecule has 1 fully saturated rings. The molecule has 1 heterocycles. The zero-order chi connectivity index (χ0) is 40.9. The molecule has 0 bridgehead atoms. The zero-order valence-electron chi connectivity index (χ0n) is 33.2. The molecular formula is C39H66N8O8. The number of carboxylic acids is 1. The quantitative estimate of drug-likeness (QED) is 0.0613. The van der Waals surface area contributed by atoms with Gasteiger partial charge in [0.1, 0.15) is 29.9 Å². The van der Waals surface area contributed by atoms with Gasteiger partial charge in [0.25, 0.3) is 0 Å². The van der Waals surface area contributed by atoms with Crippen molar-refractivity contribution in [2.45, 2.75) is 116 Å². The van der Waals surface area contributed by atoms with E-state index in [1.54, 1.807) is 19.1 Å². The standard InChI is InChI=1S/C39H66N8O8/c1-5-27(4)35(36(51)44-31(39(54)55)23-26(2)3)45-34(50)25-46(22-17-28-13-15-29(48)16-14-28)38(53)32-12-10-21-47(32)37(52)30(11-6-7-18-40)43-33(49)24-42-20-9-8-19-41/h13-16,26-27,30-32,35,42,48H,5-12,17-25,40-41H2,1-4H3,(H,43,49)(H,44,51)(H,45,50)(H,54,55)/t27-,30-,31-,32-,35-/m0/s1. The number of nitrogens with two attached hydrogens (primary N) is 2. The molecule has 1 aliphatic rings. The van der Waals surface area contributed by atoms with E-state index in [0.717, 1.165) is 18.4 Å². The molecule has 0 aliphatic carbocycles. The number of amides is 5. The highest BCUT2D eigenvalue weighted by atomic mass is 16.4. The Morgan fingerprint density at radius 2 is 1.58 bits per heavy atom. The van der Waals surface area contributed by atoms with E-state index in [1.165, 1.54) is 21.9 Å². The summed E-state index contributed by atoms with van der Waals surface area (Å²) in [6.07, 6.45) is 5.20. The topological polar surface area (TPSA) is 250 Å². The molecule has 0 spiro atoms. The van der Waals surface area contributed by atoms with Crippen LogP contribution in [0, 0.1) is 11.8 Å². The van der Waals surface area contributed by atoms with Crippen molar-refractivity contribution in [2.75, 3.05) is 45.8 Å². The smallest absolute Gasteiger partial charge is 0.326 e. The molecule has 5 amide bonds. The lowest BCUT2D eigenvalue weighted by atomic mass is 9.97. The van der Waals surface area contributed by atoms with E-state index in [0.29, 0.717) is 71.1 Å². The highest BCUT2D eigenvalue weighted by Crippen LogP contribution is 2.23. The highest BCUT2D eigenvalue weighted by Gasteiger charge is 2.40. The SMILES string of the molecule is CC[C@H](C)[C@H](NC(=O)CN(CCc1ccc(O)cc1)C(=O)[C@@H]1CCCN1C(=O)[C@H](CCCCN)NC(=O)CNCCCCN)C(=O)N[C@@H](CC(C)C)C(=O)O. The van der Waals surface area contributed by atoms with Gasteiger partial charge in [-0.3, -0.25) is 24.0 Å². The summed E-state index contributed by atoms with van der Waals surface area (Å²) in [6, 6.07) is 2.54. The fraction of sp³-hybridized carbons (Fsp3) is 0.692. The minimum absolute atomic E-state index is 0.000653. The first-order valence-electron chi connectivity index (χ1n) is 19.8. The molecular weight excluding hydrogens is 708 g/mol. The Kier molecular flexibility index (Phi) is 21.3. The van der Waals surface area contributed by atoms with Crippen LogP contribution in [-0.2, 0) is 35.2 Å². The van der Waals surface area contributed by atoms with Crippen molar-refractivity contribution < 1.29 is 39.0 Å². The van der Waals surface area contributed by atoms with Crippen molar-refractivity contribution in [1.82, 2.24) is 31.1 Å². The van der Waals surface area contributed by atoms with Gasteiger partial charge in [-0.2, -0.15) is 0 Å². The molecule has 1 saturated heterocycles. The number of aliphatic carboxylic acids is 1. The van der Waals surface area contributed by atoms with Crippen LogP contribution >= 0.6 is 0 Å². The number of carbonyl (C=O) groups is 6. The molecule has 16 nitrogen and oxygen atoms in total. The molecule has 10 N–H and O–H groups in total. The molecule has 0 radical (unpaired) electrons. The third-order valence-electron chi connectivity index (χ3n) is 9.88. The molecule has 2 rings (SSSR count). The van der Waals surface area contributed by atoms with Gasteiger partial charge in [0.2, 0.25) is 29.5 Å². The first-order chi connectivity index (χ1) is 26.2. The number of unbranched alkanes of at least 4 members (excludes halogenated alkanes) is 2. The van der Waals surface area contributed by atoms with Gasteiger partial charge in [0, 0.05) is 13.1 Å². The van der Waals surface area contributed by atoms with Crippen LogP contribution in [-0.4, -0.2) is 125 Å². The Hall–Kier alpha value is -4.28. The number of aromatic hydroxyl groups is 1. The van der Waals surface area contributed by atoms with Crippen molar-refractivity contribution in [3.8, 4) is 5.75 Å². The normalized spacial score (nSPS) is 16.2. The Morgan fingerprint density at radius 3 is 2.20 bits per heavy atom. The van der Waals surface area contributed by atoms with Crippen LogP contribution < -0.4 is 32.7 Å². The van der Waals surface area contributed by atoms with Crippen LogP contribution in [0.5, 0.6) is 5.75 Å². The maximum Gasteiger partial charge on any atom is 0.326 e. The number of phenols is 1. The number of hydrogen-bond donors (Lipinski definition) is 8. The minimum Gasteiger partial charge on any atom is -0.508 e. The summed E-state index contributed by atoms with van der Waals surface area (Å²) in [4.78, 5) is 83.2. The molecule has 0 saturated carbocycles. The molecule has 16 heteroatoms. The number of nitrogens with one attached hydrogen (secondary N) is 4. The van der Waals surface area contributed by atoms with Gasteiger partial charge in [-0.25, -0.2) is 4.79 Å². The lowest BCUT2D eigenvalue weighted by Crippen LogP contribution is -2.58. The Labute approximate surface area is 325 Å². The number of benzene rings is 1. The van der Waals surface area contributed by atoms with Gasteiger partial charge in [0.05, 0.1) is 13.1 Å². The summed E-state index contributed by atoms with van der Waals surface area (Å²) in [7, 11) is 0. The monoisotopic (exact) mass is 775 g/mol. The fourth-order valence-electron chi connectivity index (χ4n) is 6.53. The van der Waals surface area contributed by atoms with E-state index in [2.05, 4.69) is 21.3 Å². The van der Waals surface area contributed by atoms with Gasteiger partial charge in [-0.15, -0.1) is 0 Å². The summed E-state index contributed by atoms with van der Waals surface area (Å²) < 4.78 is 0. The van der Waals surface area contributed by atoms with Crippen molar-refractivity contribution in [3.63, 3.8) is 0 Å². The first kappa shape index (κ1) is 46.9. The molecule has 0 aromatic heterocycles. The lowest BCUT2D eigenvalue weighted by molar-refractivity contribution is -0.147. The number of carbonyl (C=O) groups excluding carboxylic acids is 5. The number of hydrogen-bond acceptors (Lipinski definition) is 10. The summed E-state index contributed by atoms with van der Waals surface area (Å²) in [5.74, 6) is -3.85.